The van der Waals surface area contributed by atoms with Gasteiger partial charge in [-0.3, -0.25) is 13.9 Å². The van der Waals surface area contributed by atoms with E-state index < -0.39 is 28.5 Å². The van der Waals surface area contributed by atoms with Crippen LogP contribution in [0.25, 0.3) is 0 Å². The number of amides is 2. The monoisotopic (exact) mass is 645 g/mol. The number of rotatable bonds is 10. The zero-order chi connectivity index (χ0) is 28.0. The third kappa shape index (κ3) is 8.10. The molecule has 0 saturated heterocycles. The van der Waals surface area contributed by atoms with E-state index >= 15 is 0 Å². The molecule has 0 bridgehead atoms. The Bertz CT molecular complexity index is 1270. The van der Waals surface area contributed by atoms with Crippen molar-refractivity contribution in [2.45, 2.75) is 71.0 Å². The quantitative estimate of drug-likeness (QED) is 0.339. The minimum absolute atomic E-state index is 0.0727. The lowest BCUT2D eigenvalue weighted by molar-refractivity contribution is -0.140. The molecule has 1 fully saturated rings. The van der Waals surface area contributed by atoms with Gasteiger partial charge in [0.2, 0.25) is 21.8 Å². The van der Waals surface area contributed by atoms with Crippen LogP contribution in [0.1, 0.15) is 56.6 Å². The van der Waals surface area contributed by atoms with E-state index in [0.29, 0.717) is 27.7 Å². The van der Waals surface area contributed by atoms with Crippen molar-refractivity contribution in [2.75, 3.05) is 17.1 Å². The molecule has 2 aromatic carbocycles. The number of carbonyl (C=O) groups excluding carboxylic acids is 2. The van der Waals surface area contributed by atoms with Gasteiger partial charge in [0.1, 0.15) is 12.6 Å². The van der Waals surface area contributed by atoms with Gasteiger partial charge < -0.3 is 10.2 Å². The number of nitrogens with zero attached hydrogens (tertiary/aromatic N) is 2. The normalized spacial score (nSPS) is 15.1. The molecule has 1 N–H and O–H groups in total. The molecule has 38 heavy (non-hydrogen) atoms. The van der Waals surface area contributed by atoms with Crippen molar-refractivity contribution >= 4 is 66.7 Å². The van der Waals surface area contributed by atoms with E-state index in [1.165, 1.54) is 4.90 Å². The van der Waals surface area contributed by atoms with Gasteiger partial charge >= 0.3 is 0 Å². The molecule has 208 valence electrons. The van der Waals surface area contributed by atoms with Crippen molar-refractivity contribution < 1.29 is 18.0 Å². The number of sulfonamides is 1. The molecule has 0 aliphatic heterocycles. The number of hydrogen-bond acceptors (Lipinski definition) is 4. The molecule has 2 aromatic rings. The Hall–Kier alpha value is -1.81. The van der Waals surface area contributed by atoms with Crippen molar-refractivity contribution in [3.8, 4) is 0 Å². The summed E-state index contributed by atoms with van der Waals surface area (Å²) >= 11 is 15.7. The Kier molecular flexibility index (Phi) is 10.9. The smallest absolute Gasteiger partial charge is 0.244 e. The SMILES string of the molecule is CC[C@H](C(=O)NC1CCCCC1)N(Cc1ccc(Cl)c(Cl)c1)C(=O)CN(c1ccc(Br)c(C)c1)S(C)(=O)=O. The fraction of sp³-hybridized carbons (Fsp3) is 0.481. The van der Waals surface area contributed by atoms with E-state index in [1.807, 2.05) is 13.8 Å². The first kappa shape index (κ1) is 30.7. The van der Waals surface area contributed by atoms with Crippen LogP contribution in [-0.4, -0.2) is 50.0 Å². The van der Waals surface area contributed by atoms with Crippen LogP contribution in [0.2, 0.25) is 10.0 Å². The van der Waals surface area contributed by atoms with Crippen LogP contribution in [0.15, 0.2) is 40.9 Å². The van der Waals surface area contributed by atoms with Crippen LogP contribution < -0.4 is 9.62 Å². The Balaban J connectivity index is 1.94. The van der Waals surface area contributed by atoms with Crippen molar-refractivity contribution in [3.63, 3.8) is 0 Å². The standard InChI is InChI=1S/C27H34BrCl2N3O4S/c1-4-25(27(35)31-20-8-6-5-7-9-20)32(16-19-10-13-23(29)24(30)15-19)26(34)17-33(38(3,36)37)21-11-12-22(28)18(2)14-21/h10-15,20,25H,4-9,16-17H2,1-3H3,(H,31,35)/t25-/m1/s1. The maximum absolute atomic E-state index is 13.9. The van der Waals surface area contributed by atoms with E-state index in [1.54, 1.807) is 36.4 Å². The van der Waals surface area contributed by atoms with Crippen LogP contribution in [0.3, 0.4) is 0 Å². The number of halogens is 3. The van der Waals surface area contributed by atoms with Gasteiger partial charge in [-0.05, 0) is 67.6 Å². The first-order valence-electron chi connectivity index (χ1n) is 12.7. The number of benzene rings is 2. The molecule has 1 aliphatic carbocycles. The molecule has 0 aromatic heterocycles. The molecule has 2 amide bonds. The van der Waals surface area contributed by atoms with Crippen molar-refractivity contribution in [1.29, 1.82) is 0 Å². The molecule has 1 atom stereocenters. The van der Waals surface area contributed by atoms with Crippen LogP contribution in [0.4, 0.5) is 5.69 Å². The summed E-state index contributed by atoms with van der Waals surface area (Å²) in [5.41, 5.74) is 1.88. The highest BCUT2D eigenvalue weighted by molar-refractivity contribution is 9.10. The van der Waals surface area contributed by atoms with Gasteiger partial charge in [0.15, 0.2) is 0 Å². The van der Waals surface area contributed by atoms with E-state index in [-0.39, 0.29) is 18.5 Å². The zero-order valence-electron chi connectivity index (χ0n) is 21.8. The molecule has 7 nitrogen and oxygen atoms in total. The summed E-state index contributed by atoms with van der Waals surface area (Å²) < 4.78 is 27.5. The first-order chi connectivity index (χ1) is 17.9. The summed E-state index contributed by atoms with van der Waals surface area (Å²) in [6, 6.07) is 9.41. The van der Waals surface area contributed by atoms with Crippen LogP contribution >= 0.6 is 39.1 Å². The predicted molar refractivity (Wildman–Crippen MR) is 157 cm³/mol. The van der Waals surface area contributed by atoms with E-state index in [2.05, 4.69) is 21.2 Å². The maximum Gasteiger partial charge on any atom is 0.244 e. The van der Waals surface area contributed by atoms with Crippen molar-refractivity contribution in [2.24, 2.45) is 0 Å². The molecule has 0 unspecified atom stereocenters. The molecule has 1 aliphatic rings. The van der Waals surface area contributed by atoms with Gasteiger partial charge in [-0.25, -0.2) is 8.42 Å². The highest BCUT2D eigenvalue weighted by Crippen LogP contribution is 2.27. The van der Waals surface area contributed by atoms with E-state index in [4.69, 9.17) is 23.2 Å². The zero-order valence-corrected chi connectivity index (χ0v) is 25.8. The topological polar surface area (TPSA) is 86.8 Å². The molecule has 11 heteroatoms. The predicted octanol–water partition coefficient (Wildman–Crippen LogP) is 6.09. The number of aryl methyl sites for hydroxylation is 1. The molecule has 3 rings (SSSR count). The third-order valence-electron chi connectivity index (χ3n) is 6.78. The Morgan fingerprint density at radius 1 is 1.08 bits per heavy atom. The second-order valence-corrected chi connectivity index (χ2v) is 13.3. The molecule has 0 radical (unpaired) electrons. The Morgan fingerprint density at radius 2 is 1.76 bits per heavy atom. The molecular formula is C27H34BrCl2N3O4S. The molecule has 1 saturated carbocycles. The van der Waals surface area contributed by atoms with E-state index in [9.17, 15) is 18.0 Å². The number of carbonyl (C=O) groups is 2. The highest BCUT2D eigenvalue weighted by atomic mass is 79.9. The summed E-state index contributed by atoms with van der Waals surface area (Å²) in [5.74, 6) is -0.731. The fourth-order valence-corrected chi connectivity index (χ4v) is 6.10. The second kappa shape index (κ2) is 13.5. The average molecular weight is 647 g/mol. The van der Waals surface area contributed by atoms with Gasteiger partial charge in [0.05, 0.1) is 22.0 Å². The van der Waals surface area contributed by atoms with Crippen molar-refractivity contribution in [1.82, 2.24) is 10.2 Å². The van der Waals surface area contributed by atoms with Crippen molar-refractivity contribution in [3.05, 3.63) is 62.0 Å². The summed E-state index contributed by atoms with van der Waals surface area (Å²) in [6.07, 6.45) is 6.52. The maximum atomic E-state index is 13.9. The van der Waals surface area contributed by atoms with E-state index in [0.717, 1.165) is 52.7 Å². The van der Waals surface area contributed by atoms with Gasteiger partial charge in [-0.2, -0.15) is 0 Å². The third-order valence-corrected chi connectivity index (χ3v) is 9.55. The fourth-order valence-electron chi connectivity index (χ4n) is 4.70. The van der Waals surface area contributed by atoms with Gasteiger partial charge in [-0.1, -0.05) is 71.4 Å². The summed E-state index contributed by atoms with van der Waals surface area (Å²) in [7, 11) is -3.81. The summed E-state index contributed by atoms with van der Waals surface area (Å²) in [5, 5.41) is 3.84. The van der Waals surface area contributed by atoms with Crippen LogP contribution in [-0.2, 0) is 26.2 Å². The van der Waals surface area contributed by atoms with Crippen LogP contribution in [0.5, 0.6) is 0 Å². The summed E-state index contributed by atoms with van der Waals surface area (Å²) in [4.78, 5) is 28.7. The molecule has 0 heterocycles. The number of anilines is 1. The number of nitrogens with one attached hydrogen (secondary N) is 1. The lowest BCUT2D eigenvalue weighted by Gasteiger charge is -2.34. The van der Waals surface area contributed by atoms with Crippen LogP contribution in [0, 0.1) is 6.92 Å². The molecule has 0 spiro atoms. The minimum Gasteiger partial charge on any atom is -0.352 e. The minimum atomic E-state index is -3.81. The summed E-state index contributed by atoms with van der Waals surface area (Å²) in [6.45, 7) is 3.31. The van der Waals surface area contributed by atoms with Gasteiger partial charge in [-0.15, -0.1) is 0 Å². The average Bonchev–Trinajstić information content (AvgIpc) is 2.86. The Morgan fingerprint density at radius 3 is 2.34 bits per heavy atom. The lowest BCUT2D eigenvalue weighted by Crippen LogP contribution is -2.53. The lowest BCUT2D eigenvalue weighted by atomic mass is 9.95. The first-order valence-corrected chi connectivity index (χ1v) is 16.1. The van der Waals surface area contributed by atoms with Gasteiger partial charge in [0, 0.05) is 17.1 Å². The second-order valence-electron chi connectivity index (χ2n) is 9.74. The van der Waals surface area contributed by atoms with Gasteiger partial charge in [0.25, 0.3) is 0 Å². The largest absolute Gasteiger partial charge is 0.352 e. The highest BCUT2D eigenvalue weighted by Gasteiger charge is 2.33. The number of hydrogen-bond donors (Lipinski definition) is 1. The Labute approximate surface area is 244 Å². The molecular weight excluding hydrogens is 613 g/mol.